The molecule has 0 aliphatic rings. The van der Waals surface area contributed by atoms with Gasteiger partial charge in [0, 0.05) is 5.88 Å². The van der Waals surface area contributed by atoms with E-state index in [9.17, 15) is 10.1 Å². The Hall–Kier alpha value is -1.49. The molecule has 1 rings (SSSR count). The van der Waals surface area contributed by atoms with Crippen LogP contribution in [0.3, 0.4) is 0 Å². The van der Waals surface area contributed by atoms with Crippen molar-refractivity contribution in [2.75, 3.05) is 18.2 Å². The van der Waals surface area contributed by atoms with Crippen molar-refractivity contribution in [3.8, 4) is 5.75 Å². The third-order valence-corrected chi connectivity index (χ3v) is 2.01. The number of hydrogen-bond donors (Lipinski definition) is 1. The molecule has 15 heavy (non-hydrogen) atoms. The van der Waals surface area contributed by atoms with Crippen LogP contribution in [0.2, 0.25) is 0 Å². The molecular formula is C9H11ClN2O3. The fraction of sp³-hybridized carbons (Fsp3) is 0.333. The summed E-state index contributed by atoms with van der Waals surface area (Å²) in [6.07, 6.45) is 0.694. The van der Waals surface area contributed by atoms with Crippen molar-refractivity contribution in [2.45, 2.75) is 6.42 Å². The monoisotopic (exact) mass is 230 g/mol. The van der Waals surface area contributed by atoms with Gasteiger partial charge in [0.2, 0.25) is 0 Å². The molecule has 6 heteroatoms. The number of rotatable bonds is 5. The highest BCUT2D eigenvalue weighted by molar-refractivity contribution is 6.17. The van der Waals surface area contributed by atoms with Gasteiger partial charge in [-0.15, -0.1) is 11.6 Å². The van der Waals surface area contributed by atoms with E-state index in [0.29, 0.717) is 24.7 Å². The number of nitrogen functional groups attached to an aromatic ring is 1. The molecule has 1 aromatic carbocycles. The SMILES string of the molecule is Nc1ccc(OCCCCl)cc1[N+](=O)[O-]. The summed E-state index contributed by atoms with van der Waals surface area (Å²) >= 11 is 5.47. The van der Waals surface area contributed by atoms with Crippen molar-refractivity contribution in [3.05, 3.63) is 28.3 Å². The summed E-state index contributed by atoms with van der Waals surface area (Å²) in [4.78, 5) is 10.0. The Morgan fingerprint density at radius 2 is 2.27 bits per heavy atom. The smallest absolute Gasteiger partial charge is 0.295 e. The average Bonchev–Trinajstić information content (AvgIpc) is 2.20. The van der Waals surface area contributed by atoms with Crippen LogP contribution in [0.25, 0.3) is 0 Å². The van der Waals surface area contributed by atoms with Gasteiger partial charge in [-0.3, -0.25) is 10.1 Å². The first-order valence-corrected chi connectivity index (χ1v) is 4.91. The van der Waals surface area contributed by atoms with Crippen LogP contribution in [0.15, 0.2) is 18.2 Å². The predicted octanol–water partition coefficient (Wildman–Crippen LogP) is 2.18. The van der Waals surface area contributed by atoms with Gasteiger partial charge in [0.1, 0.15) is 11.4 Å². The number of ether oxygens (including phenoxy) is 1. The van der Waals surface area contributed by atoms with E-state index in [4.69, 9.17) is 22.1 Å². The van der Waals surface area contributed by atoms with Gasteiger partial charge in [0.25, 0.3) is 5.69 Å². The van der Waals surface area contributed by atoms with Crippen LogP contribution >= 0.6 is 11.6 Å². The van der Waals surface area contributed by atoms with E-state index in [2.05, 4.69) is 0 Å². The lowest BCUT2D eigenvalue weighted by Gasteiger charge is -2.05. The first-order valence-electron chi connectivity index (χ1n) is 4.38. The van der Waals surface area contributed by atoms with Gasteiger partial charge < -0.3 is 10.5 Å². The van der Waals surface area contributed by atoms with E-state index >= 15 is 0 Å². The summed E-state index contributed by atoms with van der Waals surface area (Å²) in [5.74, 6) is 0.929. The molecule has 0 unspecified atom stereocenters. The van der Waals surface area contributed by atoms with Gasteiger partial charge in [-0.1, -0.05) is 0 Å². The molecule has 0 bridgehead atoms. The third kappa shape index (κ3) is 3.28. The number of anilines is 1. The maximum atomic E-state index is 10.6. The van der Waals surface area contributed by atoms with Crippen LogP contribution in [-0.4, -0.2) is 17.4 Å². The molecule has 2 N–H and O–H groups in total. The Kier molecular flexibility index (Phi) is 4.17. The van der Waals surface area contributed by atoms with Crippen molar-refractivity contribution in [2.24, 2.45) is 0 Å². The zero-order valence-electron chi connectivity index (χ0n) is 7.98. The predicted molar refractivity (Wildman–Crippen MR) is 58.3 cm³/mol. The lowest BCUT2D eigenvalue weighted by Crippen LogP contribution is -2.00. The van der Waals surface area contributed by atoms with Gasteiger partial charge in [-0.05, 0) is 18.6 Å². The molecular weight excluding hydrogens is 220 g/mol. The van der Waals surface area contributed by atoms with Gasteiger partial charge in [-0.25, -0.2) is 0 Å². The van der Waals surface area contributed by atoms with Crippen LogP contribution < -0.4 is 10.5 Å². The molecule has 0 saturated carbocycles. The maximum Gasteiger partial charge on any atom is 0.295 e. The number of nitrogens with zero attached hydrogens (tertiary/aromatic N) is 1. The lowest BCUT2D eigenvalue weighted by atomic mass is 10.2. The van der Waals surface area contributed by atoms with E-state index in [1.165, 1.54) is 12.1 Å². The summed E-state index contributed by atoms with van der Waals surface area (Å²) < 4.78 is 5.25. The largest absolute Gasteiger partial charge is 0.493 e. The minimum absolute atomic E-state index is 0.129. The van der Waals surface area contributed by atoms with Gasteiger partial charge in [0.05, 0.1) is 17.6 Å². The minimum Gasteiger partial charge on any atom is -0.493 e. The summed E-state index contributed by atoms with van der Waals surface area (Å²) in [6.45, 7) is 0.435. The summed E-state index contributed by atoms with van der Waals surface area (Å²) in [7, 11) is 0. The van der Waals surface area contributed by atoms with Crippen molar-refractivity contribution in [1.82, 2.24) is 0 Å². The Morgan fingerprint density at radius 1 is 1.53 bits per heavy atom. The molecule has 82 valence electrons. The number of hydrogen-bond acceptors (Lipinski definition) is 4. The zero-order valence-corrected chi connectivity index (χ0v) is 8.74. The Labute approximate surface area is 91.9 Å². The minimum atomic E-state index is -0.538. The van der Waals surface area contributed by atoms with Crippen LogP contribution in [0.5, 0.6) is 5.75 Å². The molecule has 0 saturated heterocycles. The molecule has 1 aromatic rings. The fourth-order valence-electron chi connectivity index (χ4n) is 1.02. The van der Waals surface area contributed by atoms with Gasteiger partial charge >= 0.3 is 0 Å². The van der Waals surface area contributed by atoms with E-state index in [1.54, 1.807) is 6.07 Å². The zero-order chi connectivity index (χ0) is 11.3. The van der Waals surface area contributed by atoms with Crippen LogP contribution in [0.4, 0.5) is 11.4 Å². The highest BCUT2D eigenvalue weighted by Gasteiger charge is 2.12. The summed E-state index contributed by atoms with van der Waals surface area (Å²) in [5.41, 5.74) is 5.42. The molecule has 0 radical (unpaired) electrons. The topological polar surface area (TPSA) is 78.4 Å². The highest BCUT2D eigenvalue weighted by Crippen LogP contribution is 2.26. The van der Waals surface area contributed by atoms with E-state index < -0.39 is 4.92 Å². The van der Waals surface area contributed by atoms with Crippen LogP contribution in [0.1, 0.15) is 6.42 Å². The summed E-state index contributed by atoms with van der Waals surface area (Å²) in [5, 5.41) is 10.6. The number of benzene rings is 1. The molecule has 0 spiro atoms. The molecule has 0 aromatic heterocycles. The Balaban J connectivity index is 2.74. The second kappa shape index (κ2) is 5.41. The second-order valence-corrected chi connectivity index (χ2v) is 3.25. The Morgan fingerprint density at radius 3 is 2.87 bits per heavy atom. The van der Waals surface area contributed by atoms with Crippen molar-refractivity contribution in [3.63, 3.8) is 0 Å². The number of nitro groups is 1. The second-order valence-electron chi connectivity index (χ2n) is 2.87. The molecule has 0 atom stereocenters. The maximum absolute atomic E-state index is 10.6. The quantitative estimate of drug-likeness (QED) is 0.276. The normalized spacial score (nSPS) is 9.93. The number of nitrogens with two attached hydrogens (primary N) is 1. The highest BCUT2D eigenvalue weighted by atomic mass is 35.5. The number of alkyl halides is 1. The van der Waals surface area contributed by atoms with Gasteiger partial charge in [-0.2, -0.15) is 0 Å². The van der Waals surface area contributed by atoms with Crippen LogP contribution in [0, 0.1) is 10.1 Å². The lowest BCUT2D eigenvalue weighted by molar-refractivity contribution is -0.384. The molecule has 0 amide bonds. The van der Waals surface area contributed by atoms with Crippen LogP contribution in [-0.2, 0) is 0 Å². The van der Waals surface area contributed by atoms with Crippen molar-refractivity contribution >= 4 is 23.0 Å². The number of nitro benzene ring substituents is 1. The molecule has 0 aliphatic carbocycles. The molecule has 0 heterocycles. The Bertz CT molecular complexity index is 357. The van der Waals surface area contributed by atoms with Gasteiger partial charge in [0.15, 0.2) is 0 Å². The third-order valence-electron chi connectivity index (χ3n) is 1.75. The standard InChI is InChI=1S/C9H11ClN2O3/c10-4-1-5-15-7-2-3-8(11)9(6-7)12(13)14/h2-3,6H,1,4-5,11H2. The molecule has 0 aliphatic heterocycles. The molecule has 5 nitrogen and oxygen atoms in total. The van der Waals surface area contributed by atoms with Crippen molar-refractivity contribution < 1.29 is 9.66 Å². The average molecular weight is 231 g/mol. The first-order chi connectivity index (χ1) is 7.15. The van der Waals surface area contributed by atoms with E-state index in [0.717, 1.165) is 0 Å². The molecule has 0 fully saturated rings. The summed E-state index contributed by atoms with van der Waals surface area (Å²) in [6, 6.07) is 4.36. The fourth-order valence-corrected chi connectivity index (χ4v) is 1.13. The number of halogens is 1. The van der Waals surface area contributed by atoms with E-state index in [1.807, 2.05) is 0 Å². The first kappa shape index (κ1) is 11.6. The van der Waals surface area contributed by atoms with Crippen molar-refractivity contribution in [1.29, 1.82) is 0 Å². The van der Waals surface area contributed by atoms with E-state index in [-0.39, 0.29) is 11.4 Å².